The highest BCUT2D eigenvalue weighted by Crippen LogP contribution is 2.29. The second-order valence-electron chi connectivity index (χ2n) is 3.94. The van der Waals surface area contributed by atoms with E-state index in [1.165, 1.54) is 11.8 Å². The maximum absolute atomic E-state index is 12.0. The van der Waals surface area contributed by atoms with Crippen molar-refractivity contribution in [3.8, 4) is 17.3 Å². The highest BCUT2D eigenvalue weighted by molar-refractivity contribution is 7.99. The minimum atomic E-state index is -0.486. The minimum absolute atomic E-state index is 0.0589. The molecule has 2 aromatic rings. The number of nitriles is 1. The molecule has 4 nitrogen and oxygen atoms in total. The zero-order valence-electron chi connectivity index (χ0n) is 10.7. The van der Waals surface area contributed by atoms with Crippen LogP contribution in [0.5, 0.6) is 0 Å². The lowest BCUT2D eigenvalue weighted by Gasteiger charge is -2.06. The number of aromatic amines is 1. The first-order valence-corrected chi connectivity index (χ1v) is 7.54. The van der Waals surface area contributed by atoms with Crippen LogP contribution in [0.1, 0.15) is 5.56 Å². The third-order valence-electron chi connectivity index (χ3n) is 2.54. The van der Waals surface area contributed by atoms with E-state index in [0.29, 0.717) is 26.5 Å². The fourth-order valence-corrected chi connectivity index (χ4v) is 2.51. The SMILES string of the molecule is C=CCSc1nc(-c2ccc(Cl)c(Cl)c2)c(C#N)c(=O)[nH]1. The number of thioether (sulfide) groups is 1. The van der Waals surface area contributed by atoms with Crippen molar-refractivity contribution in [2.24, 2.45) is 0 Å². The smallest absolute Gasteiger partial charge is 0.270 e. The molecule has 0 saturated heterocycles. The van der Waals surface area contributed by atoms with Gasteiger partial charge in [0.2, 0.25) is 0 Å². The first-order chi connectivity index (χ1) is 10.1. The first kappa shape index (κ1) is 15.6. The first-order valence-electron chi connectivity index (χ1n) is 5.80. The van der Waals surface area contributed by atoms with Crippen molar-refractivity contribution in [3.05, 3.63) is 56.8 Å². The number of halogens is 2. The number of hydrogen-bond donors (Lipinski definition) is 1. The second kappa shape index (κ2) is 6.81. The van der Waals surface area contributed by atoms with Gasteiger partial charge >= 0.3 is 0 Å². The number of hydrogen-bond acceptors (Lipinski definition) is 4. The van der Waals surface area contributed by atoms with E-state index < -0.39 is 5.56 Å². The average Bonchev–Trinajstić information content (AvgIpc) is 2.47. The van der Waals surface area contributed by atoms with Gasteiger partial charge in [0, 0.05) is 11.3 Å². The number of nitrogens with one attached hydrogen (secondary N) is 1. The molecule has 0 bridgehead atoms. The Morgan fingerprint density at radius 1 is 1.43 bits per heavy atom. The summed E-state index contributed by atoms with van der Waals surface area (Å²) >= 11 is 13.2. The maximum Gasteiger partial charge on any atom is 0.270 e. The number of H-pyrrole nitrogens is 1. The molecule has 1 heterocycles. The van der Waals surface area contributed by atoms with Gasteiger partial charge in [-0.05, 0) is 12.1 Å². The fourth-order valence-electron chi connectivity index (χ4n) is 1.61. The lowest BCUT2D eigenvalue weighted by atomic mass is 10.1. The zero-order valence-corrected chi connectivity index (χ0v) is 13.0. The molecule has 0 spiro atoms. The van der Waals surface area contributed by atoms with Gasteiger partial charge < -0.3 is 4.98 Å². The molecule has 0 aliphatic heterocycles. The number of aromatic nitrogens is 2. The predicted octanol–water partition coefficient (Wildman–Crippen LogP) is 3.89. The van der Waals surface area contributed by atoms with Crippen LogP contribution in [0.3, 0.4) is 0 Å². The van der Waals surface area contributed by atoms with E-state index in [4.69, 9.17) is 28.5 Å². The largest absolute Gasteiger partial charge is 0.300 e. The maximum atomic E-state index is 12.0. The van der Waals surface area contributed by atoms with E-state index in [-0.39, 0.29) is 11.3 Å². The summed E-state index contributed by atoms with van der Waals surface area (Å²) in [7, 11) is 0. The third kappa shape index (κ3) is 3.48. The molecule has 0 fully saturated rings. The molecule has 0 amide bonds. The molecule has 1 aromatic heterocycles. The van der Waals surface area contributed by atoms with E-state index in [9.17, 15) is 4.79 Å². The van der Waals surface area contributed by atoms with Crippen LogP contribution in [0, 0.1) is 11.3 Å². The molecule has 7 heteroatoms. The van der Waals surface area contributed by atoms with Crippen LogP contribution in [-0.2, 0) is 0 Å². The van der Waals surface area contributed by atoms with E-state index in [0.717, 1.165) is 0 Å². The standard InChI is InChI=1S/C14H9Cl2N3OS/c1-2-5-21-14-18-12(9(7-17)13(20)19-14)8-3-4-10(15)11(16)6-8/h2-4,6H,1,5H2,(H,18,19,20). The molecule has 106 valence electrons. The average molecular weight is 338 g/mol. The Morgan fingerprint density at radius 2 is 2.19 bits per heavy atom. The highest BCUT2D eigenvalue weighted by atomic mass is 35.5. The summed E-state index contributed by atoms with van der Waals surface area (Å²) in [5.74, 6) is 0.593. The molecule has 0 atom stereocenters. The molecular formula is C14H9Cl2N3OS. The normalized spacial score (nSPS) is 10.1. The Kier molecular flexibility index (Phi) is 5.07. The Bertz CT molecular complexity index is 796. The van der Waals surface area contributed by atoms with E-state index in [1.807, 2.05) is 6.07 Å². The summed E-state index contributed by atoms with van der Waals surface area (Å²) in [5, 5.41) is 10.3. The van der Waals surface area contributed by atoms with E-state index in [2.05, 4.69) is 16.5 Å². The summed E-state index contributed by atoms with van der Waals surface area (Å²) in [4.78, 5) is 18.8. The van der Waals surface area contributed by atoms with Gasteiger partial charge in [-0.2, -0.15) is 5.26 Å². The molecule has 0 unspecified atom stereocenters. The molecule has 0 aliphatic rings. The Balaban J connectivity index is 2.62. The lowest BCUT2D eigenvalue weighted by Crippen LogP contribution is -2.14. The number of nitrogens with zero attached hydrogens (tertiary/aromatic N) is 2. The summed E-state index contributed by atoms with van der Waals surface area (Å²) in [6.07, 6.45) is 1.70. The van der Waals surface area contributed by atoms with Crippen molar-refractivity contribution in [2.45, 2.75) is 5.16 Å². The van der Waals surface area contributed by atoms with Crippen molar-refractivity contribution >= 4 is 35.0 Å². The van der Waals surface area contributed by atoms with Crippen molar-refractivity contribution in [1.29, 1.82) is 5.26 Å². The second-order valence-corrected chi connectivity index (χ2v) is 5.76. The van der Waals surface area contributed by atoms with Gasteiger partial charge in [-0.15, -0.1) is 6.58 Å². The van der Waals surface area contributed by atoms with Crippen molar-refractivity contribution in [3.63, 3.8) is 0 Å². The molecule has 0 saturated carbocycles. The van der Waals surface area contributed by atoms with Crippen LogP contribution in [0.25, 0.3) is 11.3 Å². The number of rotatable bonds is 4. The summed E-state index contributed by atoms with van der Waals surface area (Å²) in [5.41, 5.74) is 0.301. The summed E-state index contributed by atoms with van der Waals surface area (Å²) in [6, 6.07) is 6.71. The topological polar surface area (TPSA) is 69.5 Å². The lowest BCUT2D eigenvalue weighted by molar-refractivity contribution is 0.936. The van der Waals surface area contributed by atoms with Crippen molar-refractivity contribution in [2.75, 3.05) is 5.75 Å². The Hall–Kier alpha value is -1.74. The van der Waals surface area contributed by atoms with Crippen molar-refractivity contribution in [1.82, 2.24) is 9.97 Å². The van der Waals surface area contributed by atoms with Crippen LogP contribution in [0.4, 0.5) is 0 Å². The Morgan fingerprint density at radius 3 is 2.81 bits per heavy atom. The molecule has 0 radical (unpaired) electrons. The van der Waals surface area contributed by atoms with E-state index >= 15 is 0 Å². The van der Waals surface area contributed by atoms with Crippen LogP contribution >= 0.6 is 35.0 Å². The highest BCUT2D eigenvalue weighted by Gasteiger charge is 2.14. The van der Waals surface area contributed by atoms with Crippen LogP contribution in [-0.4, -0.2) is 15.7 Å². The van der Waals surface area contributed by atoms with Gasteiger partial charge in [0.25, 0.3) is 5.56 Å². The molecule has 1 aromatic carbocycles. The summed E-state index contributed by atoms with van der Waals surface area (Å²) in [6.45, 7) is 3.61. The van der Waals surface area contributed by atoms with Crippen LogP contribution < -0.4 is 5.56 Å². The van der Waals surface area contributed by atoms with Crippen LogP contribution in [0.2, 0.25) is 10.0 Å². The minimum Gasteiger partial charge on any atom is -0.300 e. The quantitative estimate of drug-likeness (QED) is 0.522. The van der Waals surface area contributed by atoms with Gasteiger partial charge in [-0.25, -0.2) is 4.98 Å². The van der Waals surface area contributed by atoms with Crippen molar-refractivity contribution < 1.29 is 0 Å². The Labute approximate surface area is 135 Å². The van der Waals surface area contributed by atoms with Gasteiger partial charge in [0.05, 0.1) is 15.7 Å². The van der Waals surface area contributed by atoms with Gasteiger partial charge in [0.1, 0.15) is 11.6 Å². The summed E-state index contributed by atoms with van der Waals surface area (Å²) < 4.78 is 0. The molecule has 1 N–H and O–H groups in total. The molecular weight excluding hydrogens is 329 g/mol. The zero-order chi connectivity index (χ0) is 15.4. The van der Waals surface area contributed by atoms with Crippen LogP contribution in [0.15, 0.2) is 40.8 Å². The number of benzene rings is 1. The molecule has 2 rings (SSSR count). The molecule has 21 heavy (non-hydrogen) atoms. The molecule has 0 aliphatic carbocycles. The third-order valence-corrected chi connectivity index (χ3v) is 4.15. The monoisotopic (exact) mass is 337 g/mol. The fraction of sp³-hybridized carbons (Fsp3) is 0.0714. The van der Waals surface area contributed by atoms with Gasteiger partial charge in [-0.1, -0.05) is 47.1 Å². The van der Waals surface area contributed by atoms with Gasteiger partial charge in [0.15, 0.2) is 5.16 Å². The predicted molar refractivity (Wildman–Crippen MR) is 85.9 cm³/mol. The van der Waals surface area contributed by atoms with Gasteiger partial charge in [-0.3, -0.25) is 4.79 Å². The van der Waals surface area contributed by atoms with E-state index in [1.54, 1.807) is 24.3 Å².